The summed E-state index contributed by atoms with van der Waals surface area (Å²) in [7, 11) is 0. The van der Waals surface area contributed by atoms with Gasteiger partial charge in [0.15, 0.2) is 0 Å². The van der Waals surface area contributed by atoms with Gasteiger partial charge >= 0.3 is 0 Å². The zero-order valence-corrected chi connectivity index (χ0v) is 13.7. The van der Waals surface area contributed by atoms with E-state index in [1.807, 2.05) is 39.9 Å². The Balaban J connectivity index is 1.85. The summed E-state index contributed by atoms with van der Waals surface area (Å²) >= 11 is 0. The molecule has 0 amide bonds. The Hall–Kier alpha value is -2.96. The molecule has 0 fully saturated rings. The summed E-state index contributed by atoms with van der Waals surface area (Å²) in [4.78, 5) is 4.81. The van der Waals surface area contributed by atoms with E-state index >= 15 is 0 Å². The highest BCUT2D eigenvalue weighted by Crippen LogP contribution is 2.26. The molecule has 4 aromatic heterocycles. The van der Waals surface area contributed by atoms with Crippen molar-refractivity contribution in [3.63, 3.8) is 0 Å². The number of nitrogens with one attached hydrogen (secondary N) is 1. The first kappa shape index (κ1) is 14.6. The number of hydrogen-bond donors (Lipinski definition) is 1. The molecule has 7 nitrogen and oxygen atoms in total. The summed E-state index contributed by atoms with van der Waals surface area (Å²) in [6.07, 6.45) is 11.4. The lowest BCUT2D eigenvalue weighted by Gasteiger charge is -2.12. The van der Waals surface area contributed by atoms with Crippen molar-refractivity contribution < 1.29 is 0 Å². The average molecular weight is 321 g/mol. The number of H-pyrrole nitrogens is 1. The highest BCUT2D eigenvalue weighted by atomic mass is 15.3. The minimum atomic E-state index is 0.414. The lowest BCUT2D eigenvalue weighted by molar-refractivity contribution is 0.429. The number of nitrogens with zero attached hydrogens (tertiary/aromatic N) is 6. The van der Waals surface area contributed by atoms with Crippen LogP contribution in [0.25, 0.3) is 28.2 Å². The van der Waals surface area contributed by atoms with E-state index in [9.17, 15) is 0 Å². The average Bonchev–Trinajstić information content (AvgIpc) is 3.35. The lowest BCUT2D eigenvalue weighted by Crippen LogP contribution is -2.07. The zero-order chi connectivity index (χ0) is 16.5. The molecule has 4 rings (SSSR count). The fourth-order valence-electron chi connectivity index (χ4n) is 2.98. The first-order valence-corrected chi connectivity index (χ1v) is 8.19. The van der Waals surface area contributed by atoms with E-state index in [0.717, 1.165) is 41.0 Å². The molecule has 24 heavy (non-hydrogen) atoms. The van der Waals surface area contributed by atoms with Gasteiger partial charge in [0.25, 0.3) is 0 Å². The van der Waals surface area contributed by atoms with Crippen LogP contribution < -0.4 is 0 Å². The van der Waals surface area contributed by atoms with Crippen molar-refractivity contribution in [3.05, 3.63) is 43.1 Å². The molecule has 0 atom stereocenters. The van der Waals surface area contributed by atoms with E-state index in [1.165, 1.54) is 0 Å². The molecule has 0 saturated carbocycles. The Labute approximate surface area is 139 Å². The summed E-state index contributed by atoms with van der Waals surface area (Å²) in [5.41, 5.74) is 4.37. The predicted octanol–water partition coefficient (Wildman–Crippen LogP) is 3.34. The number of aromatic nitrogens is 7. The van der Waals surface area contributed by atoms with E-state index < -0.39 is 0 Å². The van der Waals surface area contributed by atoms with E-state index in [-0.39, 0.29) is 0 Å². The van der Waals surface area contributed by atoms with Gasteiger partial charge < -0.3 is 0 Å². The van der Waals surface area contributed by atoms with Crippen molar-refractivity contribution in [2.45, 2.75) is 32.7 Å². The molecular weight excluding hydrogens is 302 g/mol. The van der Waals surface area contributed by atoms with Crippen molar-refractivity contribution in [1.82, 2.24) is 34.6 Å². The van der Waals surface area contributed by atoms with Crippen LogP contribution in [0.15, 0.2) is 43.1 Å². The first-order valence-electron chi connectivity index (χ1n) is 8.19. The quantitative estimate of drug-likeness (QED) is 0.611. The molecule has 122 valence electrons. The van der Waals surface area contributed by atoms with E-state index in [1.54, 1.807) is 12.4 Å². The van der Waals surface area contributed by atoms with Gasteiger partial charge in [-0.3, -0.25) is 9.78 Å². The largest absolute Gasteiger partial charge is 0.285 e. The van der Waals surface area contributed by atoms with Gasteiger partial charge in [-0.2, -0.15) is 15.3 Å². The van der Waals surface area contributed by atoms with Crippen LogP contribution in [-0.2, 0) is 0 Å². The SMILES string of the molecule is CCC(CC)n1ccc(-c2nc(-c3cn[nH]c3)cn3nccc23)n1. The minimum absolute atomic E-state index is 0.414. The van der Waals surface area contributed by atoms with Gasteiger partial charge in [0.1, 0.15) is 11.4 Å². The third kappa shape index (κ3) is 2.38. The molecule has 4 heterocycles. The minimum Gasteiger partial charge on any atom is -0.285 e. The van der Waals surface area contributed by atoms with Crippen LogP contribution in [-0.4, -0.2) is 34.6 Å². The number of aromatic amines is 1. The monoisotopic (exact) mass is 321 g/mol. The summed E-state index contributed by atoms with van der Waals surface area (Å²) in [6.45, 7) is 4.37. The van der Waals surface area contributed by atoms with Crippen molar-refractivity contribution in [2.75, 3.05) is 0 Å². The standard InChI is InChI=1S/C17H19N7/c1-3-13(4-2)23-8-6-14(22-23)17-16-5-7-20-24(16)11-15(21-17)12-9-18-19-10-12/h5-11,13H,3-4H2,1-2H3,(H,18,19). The van der Waals surface area contributed by atoms with Crippen LogP contribution in [0.4, 0.5) is 0 Å². The van der Waals surface area contributed by atoms with Crippen molar-refractivity contribution in [1.29, 1.82) is 0 Å². The van der Waals surface area contributed by atoms with Crippen LogP contribution in [0.3, 0.4) is 0 Å². The highest BCUT2D eigenvalue weighted by molar-refractivity contribution is 5.76. The maximum absolute atomic E-state index is 4.81. The maximum atomic E-state index is 4.81. The Kier molecular flexibility index (Phi) is 3.60. The third-order valence-electron chi connectivity index (χ3n) is 4.35. The van der Waals surface area contributed by atoms with E-state index in [4.69, 9.17) is 10.1 Å². The molecule has 1 N–H and O–H groups in total. The van der Waals surface area contributed by atoms with Gasteiger partial charge in [-0.05, 0) is 25.0 Å². The molecule has 4 aromatic rings. The Morgan fingerprint density at radius 2 is 2.04 bits per heavy atom. The first-order chi connectivity index (χ1) is 11.8. The van der Waals surface area contributed by atoms with E-state index in [0.29, 0.717) is 6.04 Å². The molecule has 0 aliphatic heterocycles. The second-order valence-corrected chi connectivity index (χ2v) is 5.77. The van der Waals surface area contributed by atoms with Crippen LogP contribution in [0.2, 0.25) is 0 Å². The molecule has 0 bridgehead atoms. The smallest absolute Gasteiger partial charge is 0.117 e. The number of rotatable bonds is 5. The summed E-state index contributed by atoms with van der Waals surface area (Å²) in [5.74, 6) is 0. The van der Waals surface area contributed by atoms with Crippen LogP contribution in [0.5, 0.6) is 0 Å². The van der Waals surface area contributed by atoms with Crippen LogP contribution >= 0.6 is 0 Å². The summed E-state index contributed by atoms with van der Waals surface area (Å²) in [5, 5.41) is 16.0. The van der Waals surface area contributed by atoms with Crippen LogP contribution in [0.1, 0.15) is 32.7 Å². The van der Waals surface area contributed by atoms with E-state index in [2.05, 4.69) is 29.1 Å². The van der Waals surface area contributed by atoms with Crippen molar-refractivity contribution in [3.8, 4) is 22.6 Å². The Morgan fingerprint density at radius 1 is 1.17 bits per heavy atom. The van der Waals surface area contributed by atoms with Gasteiger partial charge in [-0.25, -0.2) is 9.50 Å². The summed E-state index contributed by atoms with van der Waals surface area (Å²) in [6, 6.07) is 4.39. The summed E-state index contributed by atoms with van der Waals surface area (Å²) < 4.78 is 3.87. The fraction of sp³-hybridized carbons (Fsp3) is 0.294. The highest BCUT2D eigenvalue weighted by Gasteiger charge is 2.15. The number of fused-ring (bicyclic) bond motifs is 1. The van der Waals surface area contributed by atoms with Crippen LogP contribution in [0, 0.1) is 0 Å². The Morgan fingerprint density at radius 3 is 2.79 bits per heavy atom. The normalized spacial score (nSPS) is 11.6. The predicted molar refractivity (Wildman–Crippen MR) is 91.4 cm³/mol. The number of hydrogen-bond acceptors (Lipinski definition) is 4. The molecule has 0 spiro atoms. The van der Waals surface area contributed by atoms with Gasteiger partial charge in [0, 0.05) is 18.0 Å². The third-order valence-corrected chi connectivity index (χ3v) is 4.35. The molecule has 0 radical (unpaired) electrons. The second kappa shape index (κ2) is 5.92. The molecular formula is C17H19N7. The van der Waals surface area contributed by atoms with Crippen molar-refractivity contribution >= 4 is 5.52 Å². The molecule has 0 aliphatic rings. The second-order valence-electron chi connectivity index (χ2n) is 5.77. The fourth-order valence-corrected chi connectivity index (χ4v) is 2.98. The molecule has 0 unspecified atom stereocenters. The molecule has 0 aliphatic carbocycles. The van der Waals surface area contributed by atoms with Gasteiger partial charge in [0.2, 0.25) is 0 Å². The molecule has 0 saturated heterocycles. The van der Waals surface area contributed by atoms with Gasteiger partial charge in [-0.1, -0.05) is 13.8 Å². The molecule has 0 aromatic carbocycles. The lowest BCUT2D eigenvalue weighted by atomic mass is 10.2. The van der Waals surface area contributed by atoms with Gasteiger partial charge in [0.05, 0.1) is 35.8 Å². The Bertz CT molecular complexity index is 945. The van der Waals surface area contributed by atoms with Gasteiger partial charge in [-0.15, -0.1) is 0 Å². The van der Waals surface area contributed by atoms with Crippen molar-refractivity contribution in [2.24, 2.45) is 0 Å². The molecule has 7 heteroatoms. The topological polar surface area (TPSA) is 76.7 Å². The zero-order valence-electron chi connectivity index (χ0n) is 13.7. The maximum Gasteiger partial charge on any atom is 0.117 e.